The number of carboxylic acids is 1. The summed E-state index contributed by atoms with van der Waals surface area (Å²) in [6.07, 6.45) is -34.2. The molecule has 0 radical (unpaired) electrons. The minimum Gasteiger partial charge on any atom is -0.479 e. The Morgan fingerprint density at radius 1 is 0.621 bits per heavy atom. The molecule has 4 saturated heterocycles. The second-order valence-corrected chi connectivity index (χ2v) is 28.0. The van der Waals surface area contributed by atoms with E-state index >= 15 is 0 Å². The monoisotopic (exact) mass is 1250 g/mol. The van der Waals surface area contributed by atoms with Crippen molar-refractivity contribution in [3.05, 3.63) is 23.3 Å². The first-order valence-corrected chi connectivity index (χ1v) is 30.4. The molecule has 4 saturated carbocycles. The molecular formula is C60H94O27. The number of hydrogen-bond donors (Lipinski definition) is 14. The van der Waals surface area contributed by atoms with E-state index in [2.05, 4.69) is 19.9 Å². The van der Waals surface area contributed by atoms with Crippen LogP contribution < -0.4 is 0 Å². The van der Waals surface area contributed by atoms with E-state index in [1.807, 2.05) is 34.6 Å². The Labute approximate surface area is 505 Å². The highest BCUT2D eigenvalue weighted by Gasteiger charge is 2.76. The summed E-state index contributed by atoms with van der Waals surface area (Å²) in [5.41, 5.74) is -5.24. The molecule has 31 atom stereocenters. The average Bonchev–Trinajstić information content (AvgIpc) is 0.897. The molecule has 3 unspecified atom stereocenters. The zero-order valence-electron chi connectivity index (χ0n) is 51.2. The largest absolute Gasteiger partial charge is 0.479 e. The van der Waals surface area contributed by atoms with Gasteiger partial charge in [-0.3, -0.25) is 4.79 Å². The van der Waals surface area contributed by atoms with E-state index in [-0.39, 0.29) is 30.3 Å². The Morgan fingerprint density at radius 3 is 1.78 bits per heavy atom. The van der Waals surface area contributed by atoms with E-state index in [4.69, 9.17) is 47.4 Å². The number of aliphatic hydroxyl groups excluding tert-OH is 13. The zero-order chi connectivity index (χ0) is 64.3. The van der Waals surface area contributed by atoms with Crippen molar-refractivity contribution in [3.63, 3.8) is 0 Å². The van der Waals surface area contributed by atoms with Gasteiger partial charge in [-0.15, -0.1) is 0 Å². The number of hydrogen-bond acceptors (Lipinski definition) is 26. The molecule has 496 valence electrons. The molecule has 8 fully saturated rings. The topological polar surface area (TPSA) is 427 Å². The summed E-state index contributed by atoms with van der Waals surface area (Å²) in [6.45, 7) is 17.2. The molecule has 27 heteroatoms. The number of aliphatic hydroxyl groups is 13. The van der Waals surface area contributed by atoms with Gasteiger partial charge in [0.15, 0.2) is 43.5 Å². The smallest absolute Gasteiger partial charge is 0.335 e. The zero-order valence-corrected chi connectivity index (χ0v) is 51.2. The van der Waals surface area contributed by atoms with Gasteiger partial charge < -0.3 is 119 Å². The van der Waals surface area contributed by atoms with E-state index in [1.54, 1.807) is 6.92 Å². The average molecular weight is 1250 g/mol. The van der Waals surface area contributed by atoms with Crippen molar-refractivity contribution in [1.82, 2.24) is 0 Å². The molecule has 4 aliphatic heterocycles. The number of esters is 2. The molecule has 0 aromatic heterocycles. The van der Waals surface area contributed by atoms with E-state index in [0.717, 1.165) is 12.5 Å². The second-order valence-electron chi connectivity index (χ2n) is 28.0. The molecule has 9 aliphatic rings. The molecule has 0 spiro atoms. The van der Waals surface area contributed by atoms with Gasteiger partial charge in [-0.05, 0) is 98.7 Å². The maximum absolute atomic E-state index is 13.2. The lowest BCUT2D eigenvalue weighted by atomic mass is 9.32. The molecule has 4 heterocycles. The van der Waals surface area contributed by atoms with E-state index in [1.165, 1.54) is 19.9 Å². The number of fused-ring (bicyclic) bond motifs is 7. The number of carbonyl (C=O) groups is 3. The van der Waals surface area contributed by atoms with Crippen LogP contribution in [0.15, 0.2) is 23.3 Å². The predicted molar refractivity (Wildman–Crippen MR) is 294 cm³/mol. The molecule has 0 aromatic rings. The third kappa shape index (κ3) is 11.0. The van der Waals surface area contributed by atoms with Crippen LogP contribution in [0.3, 0.4) is 0 Å². The van der Waals surface area contributed by atoms with Gasteiger partial charge in [0.1, 0.15) is 67.1 Å². The van der Waals surface area contributed by atoms with E-state index in [9.17, 15) is 85.9 Å². The van der Waals surface area contributed by atoms with Crippen LogP contribution in [-0.2, 0) is 61.8 Å². The Bertz CT molecular complexity index is 2560. The molecule has 14 N–H and O–H groups in total. The van der Waals surface area contributed by atoms with Gasteiger partial charge in [0.05, 0.1) is 61.9 Å². The van der Waals surface area contributed by atoms with Crippen LogP contribution in [0, 0.1) is 50.2 Å². The van der Waals surface area contributed by atoms with Crippen LogP contribution >= 0.6 is 0 Å². The lowest BCUT2D eigenvalue weighted by Gasteiger charge is -2.73. The van der Waals surface area contributed by atoms with Gasteiger partial charge in [0, 0.05) is 17.9 Å². The normalized spacial score (nSPS) is 51.2. The Morgan fingerprint density at radius 2 is 1.21 bits per heavy atom. The van der Waals surface area contributed by atoms with Gasteiger partial charge in [0.2, 0.25) is 0 Å². The van der Waals surface area contributed by atoms with Gasteiger partial charge >= 0.3 is 17.9 Å². The number of aliphatic carboxylic acids is 1. The van der Waals surface area contributed by atoms with Gasteiger partial charge in [-0.25, -0.2) is 9.59 Å². The van der Waals surface area contributed by atoms with Crippen LogP contribution in [0.5, 0.6) is 0 Å². The lowest BCUT2D eigenvalue weighted by Crippen LogP contribution is -2.76. The van der Waals surface area contributed by atoms with Crippen molar-refractivity contribution in [2.24, 2.45) is 50.2 Å². The summed E-state index contributed by atoms with van der Waals surface area (Å²) in [4.78, 5) is 38.5. The van der Waals surface area contributed by atoms with Crippen molar-refractivity contribution >= 4 is 17.9 Å². The van der Waals surface area contributed by atoms with Crippen molar-refractivity contribution in [3.8, 4) is 0 Å². The summed E-state index contributed by atoms with van der Waals surface area (Å²) in [5.74, 6) is -4.38. The predicted octanol–water partition coefficient (Wildman–Crippen LogP) is -1.83. The highest BCUT2D eigenvalue weighted by Crippen LogP contribution is 2.76. The third-order valence-corrected chi connectivity index (χ3v) is 22.8. The molecular weight excluding hydrogens is 1150 g/mol. The van der Waals surface area contributed by atoms with Crippen molar-refractivity contribution in [2.75, 3.05) is 19.8 Å². The second kappa shape index (κ2) is 24.8. The Kier molecular flexibility index (Phi) is 19.5. The number of carboxylic acid groups (broad SMARTS) is 1. The Balaban J connectivity index is 1.03. The number of allylic oxidation sites excluding steroid dienone is 2. The van der Waals surface area contributed by atoms with E-state index < -0.39 is 223 Å². The van der Waals surface area contributed by atoms with Crippen LogP contribution in [0.25, 0.3) is 0 Å². The van der Waals surface area contributed by atoms with E-state index in [0.29, 0.717) is 25.7 Å². The third-order valence-electron chi connectivity index (χ3n) is 22.8. The highest BCUT2D eigenvalue weighted by molar-refractivity contribution is 5.87. The SMILES string of the molecule is C/C=C(/C)C(=O)O[C@H]1[C@H](O)[C@@H](O[C@@H]2[C@H](O)C(C)(C)CC3C4=CCC5[C@@]6(C)CC[C@H](O[C@H]7O[C@H](C(=O)O)[C@@H](O)[C@H](O[C@H]8O[C@H](CO)[C@@H](O)[C@@H]8O)[C@H]7O[C@@H]7O[C@H](CO)[C@H](O)[C@H](O)[C@H]7O)C(C)(C)C6CC[C@@]5(C)[C@]4(C)[C@H](O)[C@H](O)[C@]32CO)O[C@@H](C)[C@@H]1OC(C)=O. The van der Waals surface area contributed by atoms with Gasteiger partial charge in [0.25, 0.3) is 0 Å². The van der Waals surface area contributed by atoms with Crippen LogP contribution in [-0.4, -0.2) is 256 Å². The summed E-state index contributed by atoms with van der Waals surface area (Å²) in [7, 11) is 0. The van der Waals surface area contributed by atoms with Crippen molar-refractivity contribution in [2.45, 2.75) is 262 Å². The molecule has 0 bridgehead atoms. The maximum atomic E-state index is 13.2. The fourth-order valence-electron chi connectivity index (χ4n) is 17.5. The first-order chi connectivity index (χ1) is 40.6. The fourth-order valence-corrected chi connectivity index (χ4v) is 17.5. The molecule has 0 amide bonds. The Hall–Kier alpha value is -2.95. The first kappa shape index (κ1) is 68.4. The minimum absolute atomic E-state index is 0.195. The molecule has 9 rings (SSSR count). The summed E-state index contributed by atoms with van der Waals surface area (Å²) in [6, 6.07) is 0. The molecule has 5 aliphatic carbocycles. The standard InChI is InChI=1S/C60H94O27/c1-12-23(2)50(77)83-42-39(71)53(78-24(3)40(42)79-25(4)64)87-48-47(74)55(5,6)19-27-26-13-14-31-57(9)17-16-32(56(7,8)30(57)15-18-58(31,10)59(26,11)45(72)46(73)60(27,48)22-63)82-54-44(86-52-37(69)35(67)33(65)28(20-61)80-52)41(38(70)43(85-54)49(75)76)84-51-36(68)34(66)29(21-62)81-51/h12-13,24,27-48,51-54,61-63,65-74H,14-22H2,1-11H3,(H,75,76)/b23-12-/t24-,27?,28+,29+,30?,31?,32-,33-,34+,35-,36-,37+,38-,39-,40-,41-,42-,43-,44+,45+,46-,47-,48+,51+,52-,53+,54-,57-,58+,59-,60-/m0/s1. The minimum atomic E-state index is -2.15. The summed E-state index contributed by atoms with van der Waals surface area (Å²) >= 11 is 0. The number of ether oxygens (including phenoxy) is 10. The number of carbonyl (C=O) groups excluding carboxylic acids is 2. The van der Waals surface area contributed by atoms with Gasteiger partial charge in [-0.1, -0.05) is 66.2 Å². The number of rotatable bonds is 15. The lowest BCUT2D eigenvalue weighted by molar-refractivity contribution is -0.386. The highest BCUT2D eigenvalue weighted by atomic mass is 16.8. The van der Waals surface area contributed by atoms with Crippen molar-refractivity contribution in [1.29, 1.82) is 0 Å². The molecule has 27 nitrogen and oxygen atoms in total. The maximum Gasteiger partial charge on any atom is 0.335 e. The van der Waals surface area contributed by atoms with Gasteiger partial charge in [-0.2, -0.15) is 0 Å². The molecule has 0 aromatic carbocycles. The van der Waals surface area contributed by atoms with Crippen LogP contribution in [0.4, 0.5) is 0 Å². The summed E-state index contributed by atoms with van der Waals surface area (Å²) in [5, 5.41) is 159. The van der Waals surface area contributed by atoms with Crippen LogP contribution in [0.1, 0.15) is 115 Å². The van der Waals surface area contributed by atoms with Crippen molar-refractivity contribution < 1.29 is 133 Å². The quantitative estimate of drug-likeness (QED) is 0.0371. The van der Waals surface area contributed by atoms with Crippen LogP contribution in [0.2, 0.25) is 0 Å². The first-order valence-electron chi connectivity index (χ1n) is 30.4. The fraction of sp³-hybridized carbons (Fsp3) is 0.883. The summed E-state index contributed by atoms with van der Waals surface area (Å²) < 4.78 is 60.6. The molecule has 87 heavy (non-hydrogen) atoms.